The lowest BCUT2D eigenvalue weighted by molar-refractivity contribution is -0.583. The summed E-state index contributed by atoms with van der Waals surface area (Å²) in [6.45, 7) is 0. The van der Waals surface area contributed by atoms with Gasteiger partial charge in [0.2, 0.25) is 11.4 Å². The maximum absolute atomic E-state index is 5.98. The van der Waals surface area contributed by atoms with Gasteiger partial charge in [-0.05, 0) is 24.3 Å². The third-order valence-corrected chi connectivity index (χ3v) is 3.74. The minimum atomic E-state index is 0.733. The Morgan fingerprint density at radius 1 is 0.955 bits per heavy atom. The number of aromatic amines is 1. The van der Waals surface area contributed by atoms with Crippen LogP contribution >= 0.6 is 0 Å². The van der Waals surface area contributed by atoms with Crippen molar-refractivity contribution in [1.29, 1.82) is 0 Å². The van der Waals surface area contributed by atoms with Crippen molar-refractivity contribution in [2.75, 3.05) is 5.73 Å². The molecule has 4 rings (SSSR count). The highest BCUT2D eigenvalue weighted by molar-refractivity contribution is 5.82. The Kier molecular flexibility index (Phi) is 2.86. The molecule has 0 radical (unpaired) electrons. The normalized spacial score (nSPS) is 10.9. The fourth-order valence-corrected chi connectivity index (χ4v) is 2.66. The largest absolute Gasteiger partial charge is 0.394 e. The summed E-state index contributed by atoms with van der Waals surface area (Å²) in [5, 5.41) is 8.15. The monoisotopic (exact) mass is 287 g/mol. The Morgan fingerprint density at radius 2 is 1.82 bits per heavy atom. The predicted molar refractivity (Wildman–Crippen MR) is 87.5 cm³/mol. The summed E-state index contributed by atoms with van der Waals surface area (Å²) in [5.41, 5.74) is 11.0. The predicted octanol–water partition coefficient (Wildman–Crippen LogP) is 3.09. The second-order valence-electron chi connectivity index (χ2n) is 5.23. The van der Waals surface area contributed by atoms with Crippen LogP contribution in [0.25, 0.3) is 27.8 Å². The average Bonchev–Trinajstić information content (AvgIpc) is 3.03. The van der Waals surface area contributed by atoms with Crippen molar-refractivity contribution in [2.24, 2.45) is 0 Å². The summed E-state index contributed by atoms with van der Waals surface area (Å²) < 4.78 is 2.11. The van der Waals surface area contributed by atoms with Gasteiger partial charge in [0.15, 0.2) is 6.20 Å². The molecule has 0 unspecified atom stereocenters. The first-order valence-electron chi connectivity index (χ1n) is 7.11. The lowest BCUT2D eigenvalue weighted by atomic mass is 10.1. The highest BCUT2D eigenvalue weighted by Crippen LogP contribution is 2.22. The van der Waals surface area contributed by atoms with Crippen LogP contribution in [0.2, 0.25) is 0 Å². The number of nitrogens with one attached hydrogen (secondary N) is 1. The Bertz CT molecular complexity index is 942. The molecule has 0 aliphatic carbocycles. The van der Waals surface area contributed by atoms with Crippen LogP contribution in [0.15, 0.2) is 73.1 Å². The molecule has 4 heteroatoms. The third kappa shape index (κ3) is 2.11. The number of benzene rings is 2. The zero-order valence-electron chi connectivity index (χ0n) is 11.9. The van der Waals surface area contributed by atoms with Crippen LogP contribution in [-0.2, 0) is 0 Å². The molecule has 0 bridgehead atoms. The third-order valence-electron chi connectivity index (χ3n) is 3.74. The summed E-state index contributed by atoms with van der Waals surface area (Å²) in [6, 6.07) is 20.4. The smallest absolute Gasteiger partial charge is 0.218 e. The van der Waals surface area contributed by atoms with E-state index in [2.05, 4.69) is 39.0 Å². The van der Waals surface area contributed by atoms with Crippen LogP contribution in [-0.4, -0.2) is 10.2 Å². The molecule has 106 valence electrons. The van der Waals surface area contributed by atoms with Crippen molar-refractivity contribution < 1.29 is 4.57 Å². The molecule has 4 nitrogen and oxygen atoms in total. The number of rotatable bonds is 2. The summed E-state index contributed by atoms with van der Waals surface area (Å²) in [5.74, 6) is 0. The van der Waals surface area contributed by atoms with E-state index in [9.17, 15) is 0 Å². The average molecular weight is 287 g/mol. The topological polar surface area (TPSA) is 58.6 Å². The quantitative estimate of drug-likeness (QED) is 0.557. The van der Waals surface area contributed by atoms with E-state index in [4.69, 9.17) is 5.73 Å². The van der Waals surface area contributed by atoms with Gasteiger partial charge in [0.25, 0.3) is 0 Å². The number of para-hydroxylation sites is 1. The molecule has 2 aromatic carbocycles. The molecule has 0 atom stereocenters. The van der Waals surface area contributed by atoms with Gasteiger partial charge in [0.05, 0.1) is 17.4 Å². The molecule has 3 N–H and O–H groups in total. The molecule has 0 amide bonds. The second kappa shape index (κ2) is 5.00. The molecule has 0 fully saturated rings. The van der Waals surface area contributed by atoms with Crippen molar-refractivity contribution in [3.05, 3.63) is 73.1 Å². The van der Waals surface area contributed by atoms with Crippen molar-refractivity contribution in [3.8, 4) is 16.9 Å². The number of pyridine rings is 1. The second-order valence-corrected chi connectivity index (χ2v) is 5.23. The summed E-state index contributed by atoms with van der Waals surface area (Å²) in [6.07, 6.45) is 3.78. The van der Waals surface area contributed by atoms with E-state index in [0.717, 1.165) is 33.5 Å². The summed E-state index contributed by atoms with van der Waals surface area (Å²) in [4.78, 5) is 0. The first-order valence-corrected chi connectivity index (χ1v) is 7.11. The van der Waals surface area contributed by atoms with E-state index in [-0.39, 0.29) is 0 Å². The van der Waals surface area contributed by atoms with Gasteiger partial charge in [0.1, 0.15) is 0 Å². The first-order chi connectivity index (χ1) is 10.8. The lowest BCUT2D eigenvalue weighted by Gasteiger charge is -2.05. The molecular weight excluding hydrogens is 272 g/mol. The van der Waals surface area contributed by atoms with Crippen molar-refractivity contribution in [3.63, 3.8) is 0 Å². The number of hydrogen-bond acceptors (Lipinski definition) is 2. The SMILES string of the molecule is Nc1ccc(-c2ccc3[nH]ncc3c2)[n+](-c2ccccc2)c1. The van der Waals surface area contributed by atoms with Gasteiger partial charge in [-0.15, -0.1) is 0 Å². The van der Waals surface area contributed by atoms with Crippen LogP contribution in [0.3, 0.4) is 0 Å². The number of aromatic nitrogens is 3. The van der Waals surface area contributed by atoms with E-state index >= 15 is 0 Å². The number of H-pyrrole nitrogens is 1. The van der Waals surface area contributed by atoms with Crippen LogP contribution in [0.1, 0.15) is 0 Å². The van der Waals surface area contributed by atoms with Crippen molar-refractivity contribution >= 4 is 16.6 Å². The van der Waals surface area contributed by atoms with Gasteiger partial charge < -0.3 is 5.73 Å². The molecule has 0 saturated carbocycles. The molecule has 0 aliphatic heterocycles. The maximum atomic E-state index is 5.98. The molecule has 0 spiro atoms. The lowest BCUT2D eigenvalue weighted by Crippen LogP contribution is -2.33. The van der Waals surface area contributed by atoms with E-state index in [1.165, 1.54) is 0 Å². The van der Waals surface area contributed by atoms with Crippen molar-refractivity contribution in [1.82, 2.24) is 10.2 Å². The van der Waals surface area contributed by atoms with Gasteiger partial charge in [-0.3, -0.25) is 5.10 Å². The molecule has 2 heterocycles. The summed E-state index contributed by atoms with van der Waals surface area (Å²) >= 11 is 0. The summed E-state index contributed by atoms with van der Waals surface area (Å²) in [7, 11) is 0. The molecule has 0 saturated heterocycles. The maximum Gasteiger partial charge on any atom is 0.218 e. The first kappa shape index (κ1) is 12.6. The van der Waals surface area contributed by atoms with Gasteiger partial charge in [-0.25, -0.2) is 0 Å². The van der Waals surface area contributed by atoms with Gasteiger partial charge in [0, 0.05) is 29.1 Å². The van der Waals surface area contributed by atoms with Crippen LogP contribution in [0.5, 0.6) is 0 Å². The van der Waals surface area contributed by atoms with Crippen LogP contribution in [0, 0.1) is 0 Å². The fraction of sp³-hybridized carbons (Fsp3) is 0. The highest BCUT2D eigenvalue weighted by atomic mass is 15.1. The number of nitrogen functional groups attached to an aromatic ring is 1. The fourth-order valence-electron chi connectivity index (χ4n) is 2.66. The Morgan fingerprint density at radius 3 is 2.68 bits per heavy atom. The van der Waals surface area contributed by atoms with E-state index in [0.29, 0.717) is 0 Å². The Hall–Kier alpha value is -3.14. The Balaban J connectivity index is 1.94. The highest BCUT2D eigenvalue weighted by Gasteiger charge is 2.16. The standard InChI is InChI=1S/C18H14N4/c19-15-7-9-18(22(12-15)16-4-2-1-3-5-16)13-6-8-17-14(10-13)11-20-21-17/h1-12H,19H2/p+1. The van der Waals surface area contributed by atoms with Crippen LogP contribution < -0.4 is 10.3 Å². The number of nitrogens with zero attached hydrogens (tertiary/aromatic N) is 2. The molecule has 2 aromatic heterocycles. The number of fused-ring (bicyclic) bond motifs is 1. The van der Waals surface area contributed by atoms with E-state index in [1.54, 1.807) is 0 Å². The molecule has 0 aliphatic rings. The molecular formula is C18H15N4+. The van der Waals surface area contributed by atoms with E-state index in [1.807, 2.05) is 48.8 Å². The minimum absolute atomic E-state index is 0.733. The minimum Gasteiger partial charge on any atom is -0.394 e. The molecule has 4 aromatic rings. The zero-order valence-corrected chi connectivity index (χ0v) is 11.9. The van der Waals surface area contributed by atoms with Gasteiger partial charge >= 0.3 is 0 Å². The van der Waals surface area contributed by atoms with Gasteiger partial charge in [-0.1, -0.05) is 18.2 Å². The van der Waals surface area contributed by atoms with Gasteiger partial charge in [-0.2, -0.15) is 9.67 Å². The number of hydrogen-bond donors (Lipinski definition) is 2. The zero-order chi connectivity index (χ0) is 14.9. The van der Waals surface area contributed by atoms with E-state index < -0.39 is 0 Å². The van der Waals surface area contributed by atoms with Crippen LogP contribution in [0.4, 0.5) is 5.69 Å². The van der Waals surface area contributed by atoms with Crippen molar-refractivity contribution in [2.45, 2.75) is 0 Å². The number of anilines is 1. The number of nitrogens with two attached hydrogens (primary N) is 1. The molecule has 22 heavy (non-hydrogen) atoms. The Labute approximate surface area is 127 Å².